The van der Waals surface area contributed by atoms with Crippen LogP contribution in [0.1, 0.15) is 22.7 Å². The van der Waals surface area contributed by atoms with Crippen LogP contribution in [-0.4, -0.2) is 24.8 Å². The molecule has 1 atom stereocenters. The molecule has 27 heavy (non-hydrogen) atoms. The maximum Gasteiger partial charge on any atom is 0.417 e. The maximum atomic E-state index is 12.6. The molecule has 0 radical (unpaired) electrons. The Labute approximate surface area is 148 Å². The minimum absolute atomic E-state index is 0.135. The fourth-order valence-corrected chi connectivity index (χ4v) is 2.33. The molecule has 0 amide bonds. The highest BCUT2D eigenvalue weighted by atomic mass is 19.4. The Morgan fingerprint density at radius 1 is 0.926 bits per heavy atom. The highest BCUT2D eigenvalue weighted by molar-refractivity contribution is 5.46. The lowest BCUT2D eigenvalue weighted by Gasteiger charge is -2.18. The molecule has 1 aromatic heterocycles. The zero-order valence-electron chi connectivity index (χ0n) is 13.4. The van der Waals surface area contributed by atoms with E-state index in [9.17, 15) is 30.7 Å². The van der Waals surface area contributed by atoms with Gasteiger partial charge in [-0.3, -0.25) is 4.98 Å². The van der Waals surface area contributed by atoms with Gasteiger partial charge in [-0.2, -0.15) is 30.7 Å². The topological polar surface area (TPSA) is 57.4 Å². The predicted octanol–water partition coefficient (Wildman–Crippen LogP) is 4.39. The van der Waals surface area contributed by atoms with Crippen molar-refractivity contribution in [2.75, 3.05) is 6.54 Å². The normalized spacial score (nSPS) is 13.1. The van der Waals surface area contributed by atoms with Gasteiger partial charge in [0.15, 0.2) is 11.5 Å². The number of ether oxygens (including phenoxy) is 2. The van der Waals surface area contributed by atoms with E-state index in [0.29, 0.717) is 6.20 Å². The third-order valence-corrected chi connectivity index (χ3v) is 3.51. The van der Waals surface area contributed by atoms with Crippen LogP contribution < -0.4 is 15.2 Å². The average molecular weight is 398 g/mol. The number of aromatic nitrogens is 1. The Balaban J connectivity index is 2.38. The van der Waals surface area contributed by atoms with Crippen LogP contribution in [0.15, 0.2) is 36.5 Å². The minimum atomic E-state index is -4.57. The van der Waals surface area contributed by atoms with Crippen molar-refractivity contribution < 1.29 is 40.2 Å². The van der Waals surface area contributed by atoms with Gasteiger partial charge in [0, 0.05) is 24.4 Å². The number of pyridine rings is 1. The summed E-state index contributed by atoms with van der Waals surface area (Å²) in [7, 11) is 0. The minimum Gasteiger partial charge on any atom is -0.431 e. The van der Waals surface area contributed by atoms with Crippen molar-refractivity contribution in [3.05, 3.63) is 53.3 Å². The van der Waals surface area contributed by atoms with Gasteiger partial charge >= 0.3 is 19.4 Å². The van der Waals surface area contributed by atoms with Gasteiger partial charge in [0.05, 0.1) is 5.56 Å². The molecule has 148 valence electrons. The highest BCUT2D eigenvalue weighted by Crippen LogP contribution is 2.35. The molecular weight excluding hydrogens is 385 g/mol. The van der Waals surface area contributed by atoms with Crippen LogP contribution in [0.3, 0.4) is 0 Å². The second kappa shape index (κ2) is 8.42. The van der Waals surface area contributed by atoms with Crippen molar-refractivity contribution in [2.24, 2.45) is 5.73 Å². The van der Waals surface area contributed by atoms with Crippen molar-refractivity contribution in [2.45, 2.75) is 25.3 Å². The lowest BCUT2D eigenvalue weighted by molar-refractivity contribution is -0.137. The van der Waals surface area contributed by atoms with Gasteiger partial charge in [-0.1, -0.05) is 6.07 Å². The van der Waals surface area contributed by atoms with E-state index < -0.39 is 42.4 Å². The van der Waals surface area contributed by atoms with E-state index in [4.69, 9.17) is 5.73 Å². The molecule has 0 bridgehead atoms. The van der Waals surface area contributed by atoms with Crippen molar-refractivity contribution in [3.8, 4) is 11.5 Å². The lowest BCUT2D eigenvalue weighted by atomic mass is 9.94. The Morgan fingerprint density at radius 2 is 1.56 bits per heavy atom. The van der Waals surface area contributed by atoms with Gasteiger partial charge in [0.25, 0.3) is 0 Å². The van der Waals surface area contributed by atoms with E-state index in [1.165, 1.54) is 6.07 Å². The molecule has 2 rings (SSSR count). The molecule has 0 fully saturated rings. The van der Waals surface area contributed by atoms with E-state index in [-0.39, 0.29) is 17.8 Å². The van der Waals surface area contributed by atoms with Crippen LogP contribution in [0.4, 0.5) is 30.7 Å². The van der Waals surface area contributed by atoms with Gasteiger partial charge < -0.3 is 15.2 Å². The first kappa shape index (κ1) is 20.7. The summed E-state index contributed by atoms with van der Waals surface area (Å²) in [5.74, 6) is -2.06. The average Bonchev–Trinajstić information content (AvgIpc) is 2.56. The number of nitrogens with two attached hydrogens (primary N) is 1. The number of hydrogen-bond acceptors (Lipinski definition) is 4. The molecule has 1 aromatic carbocycles. The van der Waals surface area contributed by atoms with Gasteiger partial charge in [-0.05, 0) is 29.8 Å². The predicted molar refractivity (Wildman–Crippen MR) is 79.8 cm³/mol. The second-order valence-electron chi connectivity index (χ2n) is 5.22. The summed E-state index contributed by atoms with van der Waals surface area (Å²) in [6.45, 7) is -6.71. The van der Waals surface area contributed by atoms with E-state index >= 15 is 0 Å². The van der Waals surface area contributed by atoms with E-state index in [2.05, 4.69) is 14.5 Å². The van der Waals surface area contributed by atoms with E-state index in [1.807, 2.05) is 0 Å². The van der Waals surface area contributed by atoms with Crippen molar-refractivity contribution in [1.82, 2.24) is 4.98 Å². The lowest BCUT2D eigenvalue weighted by Crippen LogP contribution is -2.16. The monoisotopic (exact) mass is 398 g/mol. The molecule has 1 unspecified atom stereocenters. The summed E-state index contributed by atoms with van der Waals surface area (Å²) < 4.78 is 95.9. The fourth-order valence-electron chi connectivity index (χ4n) is 2.33. The molecule has 1 heterocycles. The zero-order chi connectivity index (χ0) is 20.2. The molecular formula is C16H13F7N2O2. The smallest absolute Gasteiger partial charge is 0.417 e. The summed E-state index contributed by atoms with van der Waals surface area (Å²) >= 11 is 0. The first-order valence-corrected chi connectivity index (χ1v) is 7.38. The molecule has 0 aliphatic heterocycles. The van der Waals surface area contributed by atoms with Crippen LogP contribution in [0.5, 0.6) is 11.5 Å². The van der Waals surface area contributed by atoms with Crippen LogP contribution in [0.25, 0.3) is 0 Å². The number of benzene rings is 1. The molecule has 2 N–H and O–H groups in total. The number of nitrogens with zero attached hydrogens (tertiary/aromatic N) is 1. The van der Waals surface area contributed by atoms with Gasteiger partial charge in [0.2, 0.25) is 0 Å². The first-order chi connectivity index (χ1) is 12.6. The van der Waals surface area contributed by atoms with Crippen molar-refractivity contribution in [3.63, 3.8) is 0 Å². The fraction of sp³-hybridized carbons (Fsp3) is 0.312. The maximum absolute atomic E-state index is 12.6. The Bertz CT molecular complexity index is 751. The summed E-state index contributed by atoms with van der Waals surface area (Å²) in [4.78, 5) is 3.71. The third kappa shape index (κ3) is 5.46. The van der Waals surface area contributed by atoms with Gasteiger partial charge in [-0.25, -0.2) is 0 Å². The number of hydrogen-bond donors (Lipinski definition) is 1. The van der Waals surface area contributed by atoms with Crippen molar-refractivity contribution in [1.29, 1.82) is 0 Å². The molecule has 0 spiro atoms. The van der Waals surface area contributed by atoms with Gasteiger partial charge in [0.1, 0.15) is 0 Å². The van der Waals surface area contributed by atoms with Crippen LogP contribution in [0.2, 0.25) is 0 Å². The standard InChI is InChI=1S/C16H13F7N2O2/c17-14(18)26-12-4-1-8(5-13(12)27-15(19)20)10(6-24)11-3-2-9(7-25-11)16(21,22)23/h1-5,7,10,14-15H,6,24H2. The third-order valence-electron chi connectivity index (χ3n) is 3.51. The summed E-state index contributed by atoms with van der Waals surface area (Å²) in [6.07, 6.45) is -3.96. The summed E-state index contributed by atoms with van der Waals surface area (Å²) in [5.41, 5.74) is 5.02. The molecule has 11 heteroatoms. The molecule has 0 saturated carbocycles. The molecule has 0 aliphatic rings. The Kier molecular flexibility index (Phi) is 6.47. The van der Waals surface area contributed by atoms with Crippen LogP contribution in [0, 0.1) is 0 Å². The van der Waals surface area contributed by atoms with E-state index in [1.54, 1.807) is 0 Å². The zero-order valence-corrected chi connectivity index (χ0v) is 13.4. The first-order valence-electron chi connectivity index (χ1n) is 7.38. The number of rotatable bonds is 7. The van der Waals surface area contributed by atoms with Crippen molar-refractivity contribution >= 4 is 0 Å². The SMILES string of the molecule is NCC(c1ccc(OC(F)F)c(OC(F)F)c1)c1ccc(C(F)(F)F)cn1. The Hall–Kier alpha value is -2.56. The summed E-state index contributed by atoms with van der Waals surface area (Å²) in [6, 6.07) is 5.13. The highest BCUT2D eigenvalue weighted by Gasteiger charge is 2.31. The second-order valence-corrected chi connectivity index (χ2v) is 5.22. The van der Waals surface area contributed by atoms with Crippen LogP contribution in [-0.2, 0) is 6.18 Å². The van der Waals surface area contributed by atoms with E-state index in [0.717, 1.165) is 24.3 Å². The number of alkyl halides is 7. The Morgan fingerprint density at radius 3 is 2.04 bits per heavy atom. The largest absolute Gasteiger partial charge is 0.431 e. The molecule has 4 nitrogen and oxygen atoms in total. The van der Waals surface area contributed by atoms with Gasteiger partial charge in [-0.15, -0.1) is 0 Å². The number of halogens is 7. The molecule has 0 aliphatic carbocycles. The summed E-state index contributed by atoms with van der Waals surface area (Å²) in [5, 5.41) is 0. The molecule has 0 saturated heterocycles. The molecule has 2 aromatic rings. The van der Waals surface area contributed by atoms with Crippen LogP contribution >= 0.6 is 0 Å². The quantitative estimate of drug-likeness (QED) is 0.703.